The highest BCUT2D eigenvalue weighted by Gasteiger charge is 2.24. The Kier molecular flexibility index (Phi) is 6.80. The molecule has 0 radical (unpaired) electrons. The van der Waals surface area contributed by atoms with E-state index in [1.807, 2.05) is 0 Å². The molecule has 0 saturated carbocycles. The van der Waals surface area contributed by atoms with Gasteiger partial charge < -0.3 is 9.13 Å². The van der Waals surface area contributed by atoms with Crippen LogP contribution in [0.3, 0.4) is 0 Å². The van der Waals surface area contributed by atoms with E-state index in [-0.39, 0.29) is 0 Å². The zero-order valence-corrected chi connectivity index (χ0v) is 33.4. The van der Waals surface area contributed by atoms with E-state index in [0.29, 0.717) is 0 Å². The molecule has 14 rings (SSSR count). The molecule has 10 aromatic carbocycles. The van der Waals surface area contributed by atoms with Gasteiger partial charge in [0.1, 0.15) is 0 Å². The van der Waals surface area contributed by atoms with E-state index in [1.54, 1.807) is 0 Å². The molecule has 4 heteroatoms. The van der Waals surface area contributed by atoms with Crippen LogP contribution >= 0.6 is 0 Å². The Labute approximate surface area is 356 Å². The van der Waals surface area contributed by atoms with Crippen LogP contribution < -0.4 is 0 Å². The molecule has 3 heterocycles. The highest BCUT2D eigenvalue weighted by molar-refractivity contribution is 6.22. The summed E-state index contributed by atoms with van der Waals surface area (Å²) in [6.45, 7) is 0. The first-order chi connectivity index (χ1) is 30.7. The maximum atomic E-state index is 5.18. The summed E-state index contributed by atoms with van der Waals surface area (Å²) in [5.74, 6) is 0.751. The van der Waals surface area contributed by atoms with Crippen molar-refractivity contribution in [3.8, 4) is 56.3 Å². The molecule has 0 fully saturated rings. The minimum atomic E-state index is 0.751. The van der Waals surface area contributed by atoms with Gasteiger partial charge in [0, 0.05) is 49.4 Å². The third-order valence-electron chi connectivity index (χ3n) is 13.2. The Hall–Kier alpha value is -8.34. The van der Waals surface area contributed by atoms with Crippen LogP contribution in [0.5, 0.6) is 0 Å². The summed E-state index contributed by atoms with van der Waals surface area (Å²) in [6.07, 6.45) is 0. The molecular formula is C58H34N4. The van der Waals surface area contributed by atoms with Gasteiger partial charge in [0.25, 0.3) is 0 Å². The van der Waals surface area contributed by atoms with Crippen LogP contribution in [0.1, 0.15) is 0 Å². The fourth-order valence-corrected chi connectivity index (χ4v) is 10.4. The summed E-state index contributed by atoms with van der Waals surface area (Å²) in [7, 11) is 0. The number of nitrogens with zero attached hydrogens (tertiary/aromatic N) is 4. The van der Waals surface area contributed by atoms with Crippen molar-refractivity contribution in [3.63, 3.8) is 0 Å². The fourth-order valence-electron chi connectivity index (χ4n) is 10.4. The smallest absolute Gasteiger partial charge is 0.160 e. The number of benzene rings is 10. The largest absolute Gasteiger partial charge is 0.309 e. The average Bonchev–Trinajstić information content (AvgIpc) is 3.98. The van der Waals surface area contributed by atoms with Crippen LogP contribution in [0.4, 0.5) is 0 Å². The minimum Gasteiger partial charge on any atom is -0.309 e. The number of para-hydroxylation sites is 3. The van der Waals surface area contributed by atoms with Gasteiger partial charge in [0.05, 0.1) is 33.3 Å². The maximum Gasteiger partial charge on any atom is 0.160 e. The number of aromatic nitrogens is 4. The molecular weight excluding hydrogens is 753 g/mol. The first kappa shape index (κ1) is 33.5. The van der Waals surface area contributed by atoms with Gasteiger partial charge in [0.2, 0.25) is 0 Å². The Balaban J connectivity index is 0.867. The van der Waals surface area contributed by atoms with Crippen LogP contribution in [0, 0.1) is 0 Å². The molecule has 286 valence electrons. The maximum absolute atomic E-state index is 5.18. The Morgan fingerprint density at radius 3 is 1.84 bits per heavy atom. The van der Waals surface area contributed by atoms with Crippen LogP contribution in [-0.4, -0.2) is 19.1 Å². The second kappa shape index (κ2) is 12.6. The molecule has 62 heavy (non-hydrogen) atoms. The minimum absolute atomic E-state index is 0.751. The third-order valence-corrected chi connectivity index (χ3v) is 13.2. The molecule has 0 atom stereocenters. The van der Waals surface area contributed by atoms with Gasteiger partial charge in [-0.2, -0.15) is 0 Å². The van der Waals surface area contributed by atoms with E-state index in [1.165, 1.54) is 93.3 Å². The molecule has 0 spiro atoms. The van der Waals surface area contributed by atoms with Crippen LogP contribution in [-0.2, 0) is 0 Å². The molecule has 13 aromatic rings. The van der Waals surface area contributed by atoms with Gasteiger partial charge in [-0.05, 0) is 117 Å². The van der Waals surface area contributed by atoms with E-state index in [4.69, 9.17) is 9.97 Å². The van der Waals surface area contributed by atoms with E-state index >= 15 is 0 Å². The number of hydrogen-bond donors (Lipinski definition) is 0. The normalized spacial score (nSPS) is 12.2. The van der Waals surface area contributed by atoms with Gasteiger partial charge in [-0.1, -0.05) is 133 Å². The number of fused-ring (bicyclic) bond motifs is 12. The second-order valence-corrected chi connectivity index (χ2v) is 16.6. The third kappa shape index (κ3) is 4.72. The van der Waals surface area contributed by atoms with Gasteiger partial charge in [-0.25, -0.2) is 9.97 Å². The van der Waals surface area contributed by atoms with Crippen molar-refractivity contribution >= 4 is 76.1 Å². The number of hydrogen-bond acceptors (Lipinski definition) is 2. The summed E-state index contributed by atoms with van der Waals surface area (Å²) < 4.78 is 4.79. The zero-order chi connectivity index (χ0) is 40.5. The van der Waals surface area contributed by atoms with E-state index in [2.05, 4.69) is 215 Å². The topological polar surface area (TPSA) is 35.6 Å². The molecule has 1 aliphatic rings. The van der Waals surface area contributed by atoms with Crippen molar-refractivity contribution < 1.29 is 0 Å². The molecule has 0 saturated heterocycles. The molecule has 0 bridgehead atoms. The SMILES string of the molecule is c1ccc(-n2c3ccccc3c3cc(-c4ccc5c(ccc6c5c5ccccc5n6-c5ccc6cc(-c7nc8c9c(cccc9n7)-c7ccccc7-8)ccc6c5)c4)ccc32)cc1. The summed E-state index contributed by atoms with van der Waals surface area (Å²) in [6, 6.07) is 75.0. The van der Waals surface area contributed by atoms with E-state index in [9.17, 15) is 0 Å². The molecule has 0 unspecified atom stereocenters. The predicted molar refractivity (Wildman–Crippen MR) is 259 cm³/mol. The van der Waals surface area contributed by atoms with E-state index < -0.39 is 0 Å². The number of rotatable bonds is 4. The molecule has 0 amide bonds. The van der Waals surface area contributed by atoms with E-state index in [0.717, 1.165) is 39.1 Å². The second-order valence-electron chi connectivity index (χ2n) is 16.6. The van der Waals surface area contributed by atoms with Crippen LogP contribution in [0.25, 0.3) is 132 Å². The summed E-state index contributed by atoms with van der Waals surface area (Å²) in [4.78, 5) is 10.3. The summed E-state index contributed by atoms with van der Waals surface area (Å²) in [5, 5.41) is 11.0. The quantitative estimate of drug-likeness (QED) is 0.178. The van der Waals surface area contributed by atoms with Crippen molar-refractivity contribution in [2.24, 2.45) is 0 Å². The molecule has 3 aromatic heterocycles. The first-order valence-electron chi connectivity index (χ1n) is 21.2. The Morgan fingerprint density at radius 2 is 0.935 bits per heavy atom. The standard InChI is InChI=1S/C58H34N4/c1-2-11-41(12-3-1)61-51-19-8-6-14-45(51)49-34-38(25-29-53(49)61)36-24-28-43-39(31-36)26-30-54-55(43)48-16-7-9-20-52(48)62(54)42-27-23-35-32-40(22-21-37(35)33-42)58-59-50-18-10-17-46-44-13-4-5-15-47(44)57(60-58)56(46)50/h1-34H. The van der Waals surface area contributed by atoms with Crippen molar-refractivity contribution in [2.75, 3.05) is 0 Å². The van der Waals surface area contributed by atoms with Crippen molar-refractivity contribution in [1.82, 2.24) is 19.1 Å². The van der Waals surface area contributed by atoms with Crippen molar-refractivity contribution in [2.45, 2.75) is 0 Å². The van der Waals surface area contributed by atoms with Gasteiger partial charge >= 0.3 is 0 Å². The average molecular weight is 787 g/mol. The lowest BCUT2D eigenvalue weighted by Crippen LogP contribution is -1.95. The van der Waals surface area contributed by atoms with Gasteiger partial charge in [0.15, 0.2) is 5.82 Å². The van der Waals surface area contributed by atoms with Gasteiger partial charge in [-0.3, -0.25) is 0 Å². The van der Waals surface area contributed by atoms with Crippen LogP contribution in [0.2, 0.25) is 0 Å². The predicted octanol–water partition coefficient (Wildman–Crippen LogP) is 15.1. The van der Waals surface area contributed by atoms with Crippen molar-refractivity contribution in [1.29, 1.82) is 0 Å². The highest BCUT2D eigenvalue weighted by atomic mass is 15.0. The molecule has 0 aliphatic heterocycles. The molecule has 0 N–H and O–H groups in total. The zero-order valence-electron chi connectivity index (χ0n) is 33.4. The van der Waals surface area contributed by atoms with Crippen LogP contribution in [0.15, 0.2) is 206 Å². The monoisotopic (exact) mass is 786 g/mol. The fraction of sp³-hybridized carbons (Fsp3) is 0. The lowest BCUT2D eigenvalue weighted by Gasteiger charge is -2.11. The Morgan fingerprint density at radius 1 is 0.306 bits per heavy atom. The highest BCUT2D eigenvalue weighted by Crippen LogP contribution is 2.46. The lowest BCUT2D eigenvalue weighted by molar-refractivity contribution is 1.18. The lowest BCUT2D eigenvalue weighted by atomic mass is 9.97. The van der Waals surface area contributed by atoms with Crippen molar-refractivity contribution in [3.05, 3.63) is 206 Å². The molecule has 4 nitrogen and oxygen atoms in total. The summed E-state index contributed by atoms with van der Waals surface area (Å²) >= 11 is 0. The van der Waals surface area contributed by atoms with Gasteiger partial charge in [-0.15, -0.1) is 0 Å². The Bertz CT molecular complexity index is 4040. The molecule has 1 aliphatic carbocycles. The summed E-state index contributed by atoms with van der Waals surface area (Å²) in [5.41, 5.74) is 16.2. The first-order valence-corrected chi connectivity index (χ1v) is 21.2.